The van der Waals surface area contributed by atoms with Crippen molar-refractivity contribution in [1.82, 2.24) is 4.98 Å². The van der Waals surface area contributed by atoms with Crippen LogP contribution in [-0.4, -0.2) is 4.98 Å². The Morgan fingerprint density at radius 2 is 1.86 bits per heavy atom. The van der Waals surface area contributed by atoms with Gasteiger partial charge in [0.2, 0.25) is 0 Å². The average molecular weight is 212 g/mol. The molecule has 0 saturated carbocycles. The third kappa shape index (κ3) is 1.91. The number of rotatable bonds is 1. The second-order valence-electron chi connectivity index (χ2n) is 2.46. The highest BCUT2D eigenvalue weighted by Gasteiger charge is 2.38. The van der Waals surface area contributed by atoms with Crippen molar-refractivity contribution in [3.8, 4) is 0 Å². The topological polar surface area (TPSA) is 38.9 Å². The van der Waals surface area contributed by atoms with E-state index in [1.54, 1.807) is 0 Å². The summed E-state index contributed by atoms with van der Waals surface area (Å²) in [5.74, 6) is -0.935. The van der Waals surface area contributed by atoms with Gasteiger partial charge < -0.3 is 5.73 Å². The fraction of sp³-hybridized carbons (Fsp3) is 0.286. The Balaban J connectivity index is 3.38. The van der Waals surface area contributed by atoms with Gasteiger partial charge in [0.05, 0.1) is 0 Å². The summed E-state index contributed by atoms with van der Waals surface area (Å²) in [5, 5.41) is 0. The molecule has 0 saturated heterocycles. The molecule has 1 aromatic rings. The maximum absolute atomic E-state index is 12.2. The van der Waals surface area contributed by atoms with Gasteiger partial charge in [-0.05, 0) is 6.07 Å². The summed E-state index contributed by atoms with van der Waals surface area (Å²) in [5.41, 5.74) is 2.17. The Morgan fingerprint density at radius 3 is 2.21 bits per heavy atom. The minimum Gasteiger partial charge on any atom is -0.383 e. The Morgan fingerprint density at radius 1 is 1.29 bits per heavy atom. The zero-order valence-corrected chi connectivity index (χ0v) is 6.65. The predicted octanol–water partition coefficient (Wildman–Crippen LogP) is 2.62. The zero-order valence-electron chi connectivity index (χ0n) is 6.65. The van der Waals surface area contributed by atoms with Crippen LogP contribution in [0.15, 0.2) is 12.3 Å². The molecule has 0 aliphatic carbocycles. The maximum Gasteiger partial charge on any atom is 0.420 e. The van der Waals surface area contributed by atoms with Crippen molar-refractivity contribution in [2.24, 2.45) is 0 Å². The molecule has 1 aromatic heterocycles. The smallest absolute Gasteiger partial charge is 0.383 e. The fourth-order valence-electron chi connectivity index (χ4n) is 0.984. The van der Waals surface area contributed by atoms with E-state index < -0.39 is 29.5 Å². The first kappa shape index (κ1) is 10.7. The van der Waals surface area contributed by atoms with Crippen LogP contribution in [0.1, 0.15) is 17.6 Å². The molecule has 1 rings (SSSR count). The van der Waals surface area contributed by atoms with Gasteiger partial charge in [0.25, 0.3) is 6.43 Å². The number of nitrogen functional groups attached to an aromatic ring is 1. The number of hydrogen-bond donors (Lipinski definition) is 1. The van der Waals surface area contributed by atoms with Gasteiger partial charge in [-0.25, -0.2) is 13.8 Å². The molecule has 0 radical (unpaired) electrons. The first-order valence-corrected chi connectivity index (χ1v) is 3.43. The quantitative estimate of drug-likeness (QED) is 0.726. The summed E-state index contributed by atoms with van der Waals surface area (Å²) in [4.78, 5) is 3.11. The summed E-state index contributed by atoms with van der Waals surface area (Å²) in [6.45, 7) is 0. The van der Waals surface area contributed by atoms with Crippen LogP contribution < -0.4 is 5.73 Å². The second kappa shape index (κ2) is 3.39. The lowest BCUT2D eigenvalue weighted by Crippen LogP contribution is -2.14. The molecule has 0 aromatic carbocycles. The van der Waals surface area contributed by atoms with E-state index >= 15 is 0 Å². The van der Waals surface area contributed by atoms with Crippen LogP contribution in [0.5, 0.6) is 0 Å². The van der Waals surface area contributed by atoms with Crippen LogP contribution in [0.2, 0.25) is 0 Å². The van der Waals surface area contributed by atoms with E-state index in [-0.39, 0.29) is 0 Å². The predicted molar refractivity (Wildman–Crippen MR) is 38.6 cm³/mol. The monoisotopic (exact) mass is 212 g/mol. The largest absolute Gasteiger partial charge is 0.420 e. The normalized spacial score (nSPS) is 12.1. The van der Waals surface area contributed by atoms with Crippen molar-refractivity contribution in [2.45, 2.75) is 12.6 Å². The molecular weight excluding hydrogens is 207 g/mol. The Labute approximate surface area is 75.5 Å². The van der Waals surface area contributed by atoms with Crippen molar-refractivity contribution in [1.29, 1.82) is 0 Å². The number of pyridine rings is 1. The molecule has 0 fully saturated rings. The molecule has 2 nitrogen and oxygen atoms in total. The lowest BCUT2D eigenvalue weighted by atomic mass is 10.1. The van der Waals surface area contributed by atoms with E-state index in [9.17, 15) is 22.0 Å². The van der Waals surface area contributed by atoms with Crippen LogP contribution >= 0.6 is 0 Å². The number of nitrogens with zero attached hydrogens (tertiary/aromatic N) is 1. The third-order valence-corrected chi connectivity index (χ3v) is 1.53. The van der Waals surface area contributed by atoms with Gasteiger partial charge in [0.1, 0.15) is 11.4 Å². The van der Waals surface area contributed by atoms with Crippen molar-refractivity contribution in [2.75, 3.05) is 5.73 Å². The lowest BCUT2D eigenvalue weighted by Gasteiger charge is -2.13. The van der Waals surface area contributed by atoms with Gasteiger partial charge in [0.15, 0.2) is 0 Å². The van der Waals surface area contributed by atoms with E-state index in [4.69, 9.17) is 5.73 Å². The molecule has 2 N–H and O–H groups in total. The summed E-state index contributed by atoms with van der Waals surface area (Å²) in [6, 6.07) is 0.601. The molecular formula is C7H5F5N2. The minimum absolute atomic E-state index is 0.601. The Bertz CT molecular complexity index is 333. The molecule has 78 valence electrons. The highest BCUT2D eigenvalue weighted by molar-refractivity contribution is 5.46. The van der Waals surface area contributed by atoms with Crippen molar-refractivity contribution in [3.63, 3.8) is 0 Å². The summed E-state index contributed by atoms with van der Waals surface area (Å²) >= 11 is 0. The number of alkyl halides is 5. The third-order valence-electron chi connectivity index (χ3n) is 1.53. The summed E-state index contributed by atoms with van der Waals surface area (Å²) in [6.07, 6.45) is -7.33. The zero-order chi connectivity index (χ0) is 10.9. The van der Waals surface area contributed by atoms with E-state index in [2.05, 4.69) is 4.98 Å². The van der Waals surface area contributed by atoms with Gasteiger partial charge in [0, 0.05) is 11.8 Å². The molecule has 7 heteroatoms. The maximum atomic E-state index is 12.2. The van der Waals surface area contributed by atoms with Gasteiger partial charge in [-0.15, -0.1) is 0 Å². The first-order valence-electron chi connectivity index (χ1n) is 3.43. The number of aromatic nitrogens is 1. The molecule has 14 heavy (non-hydrogen) atoms. The average Bonchev–Trinajstić information content (AvgIpc) is 2.01. The molecule has 0 aliphatic rings. The molecule has 0 unspecified atom stereocenters. The summed E-state index contributed by atoms with van der Waals surface area (Å²) < 4.78 is 61.0. The van der Waals surface area contributed by atoms with E-state index in [0.717, 1.165) is 6.20 Å². The van der Waals surface area contributed by atoms with Gasteiger partial charge in [-0.1, -0.05) is 0 Å². The highest BCUT2D eigenvalue weighted by Crippen LogP contribution is 2.38. The van der Waals surface area contributed by atoms with Gasteiger partial charge in [-0.2, -0.15) is 13.2 Å². The van der Waals surface area contributed by atoms with Gasteiger partial charge in [-0.3, -0.25) is 0 Å². The number of halogens is 5. The Kier molecular flexibility index (Phi) is 2.59. The Hall–Kier alpha value is -1.40. The molecule has 0 bridgehead atoms. The number of hydrogen-bond acceptors (Lipinski definition) is 2. The van der Waals surface area contributed by atoms with Crippen molar-refractivity contribution >= 4 is 5.82 Å². The first-order chi connectivity index (χ1) is 6.34. The number of anilines is 1. The fourth-order valence-corrected chi connectivity index (χ4v) is 0.984. The summed E-state index contributed by atoms with van der Waals surface area (Å²) in [7, 11) is 0. The van der Waals surface area contributed by atoms with Crippen LogP contribution in [0.3, 0.4) is 0 Å². The second-order valence-corrected chi connectivity index (χ2v) is 2.46. The van der Waals surface area contributed by atoms with Crippen LogP contribution in [0.4, 0.5) is 27.8 Å². The van der Waals surface area contributed by atoms with E-state index in [1.165, 1.54) is 0 Å². The van der Waals surface area contributed by atoms with Crippen molar-refractivity contribution in [3.05, 3.63) is 23.4 Å². The molecule has 1 heterocycles. The van der Waals surface area contributed by atoms with Crippen LogP contribution in [0, 0.1) is 0 Å². The number of nitrogens with two attached hydrogens (primary N) is 1. The lowest BCUT2D eigenvalue weighted by molar-refractivity contribution is -0.139. The molecule has 0 amide bonds. The van der Waals surface area contributed by atoms with Crippen molar-refractivity contribution < 1.29 is 22.0 Å². The van der Waals surface area contributed by atoms with E-state index in [0.29, 0.717) is 6.07 Å². The minimum atomic E-state index is -4.91. The highest BCUT2D eigenvalue weighted by atomic mass is 19.4. The van der Waals surface area contributed by atoms with Crippen LogP contribution in [0.25, 0.3) is 0 Å². The molecule has 0 spiro atoms. The van der Waals surface area contributed by atoms with Crippen LogP contribution in [-0.2, 0) is 6.18 Å². The standard InChI is InChI=1S/C7H5F5N2/c8-5(9)3-1-2-14-6(13)4(3)7(10,11)12/h1-2,5H,(H2,13,14). The van der Waals surface area contributed by atoms with E-state index in [1.807, 2.05) is 0 Å². The molecule has 0 atom stereocenters. The SMILES string of the molecule is Nc1nccc(C(F)F)c1C(F)(F)F. The molecule has 0 aliphatic heterocycles. The van der Waals surface area contributed by atoms with Gasteiger partial charge >= 0.3 is 6.18 Å².